The molecule has 2 aromatic carbocycles. The zero-order valence-corrected chi connectivity index (χ0v) is 14.7. The van der Waals surface area contributed by atoms with Crippen molar-refractivity contribution in [2.45, 2.75) is 25.8 Å². The van der Waals surface area contributed by atoms with Gasteiger partial charge in [-0.1, -0.05) is 41.9 Å². The number of halogens is 1. The maximum absolute atomic E-state index is 12.1. The highest BCUT2D eigenvalue weighted by Gasteiger charge is 2.12. The molecule has 128 valence electrons. The van der Waals surface area contributed by atoms with Crippen molar-refractivity contribution in [3.05, 3.63) is 77.3 Å². The third-order valence-corrected chi connectivity index (χ3v) is 4.18. The summed E-state index contributed by atoms with van der Waals surface area (Å²) < 4.78 is 5.72. The number of rotatable bonds is 6. The molecule has 5 heteroatoms. The maximum Gasteiger partial charge on any atom is 0.220 e. The predicted octanol–water partition coefficient (Wildman–Crippen LogP) is 4.81. The molecule has 0 bridgehead atoms. The standard InChI is InChI=1S/C20H19ClN2O2/c1-14(15-5-3-2-4-6-15)23-19(24)11-12-20-22-13-18(25-20)16-7-9-17(21)10-8-16/h2-10,13-14H,11-12H2,1H3,(H,23,24)/t14-/m0/s1. The van der Waals surface area contributed by atoms with Crippen molar-refractivity contribution in [1.82, 2.24) is 10.3 Å². The van der Waals surface area contributed by atoms with Crippen LogP contribution in [-0.2, 0) is 11.2 Å². The first kappa shape index (κ1) is 17.2. The summed E-state index contributed by atoms with van der Waals surface area (Å²) in [6.45, 7) is 1.97. The summed E-state index contributed by atoms with van der Waals surface area (Å²) >= 11 is 5.88. The lowest BCUT2D eigenvalue weighted by Gasteiger charge is -2.13. The Labute approximate surface area is 151 Å². The first-order valence-electron chi connectivity index (χ1n) is 8.17. The normalized spacial score (nSPS) is 11.9. The number of aryl methyl sites for hydroxylation is 1. The highest BCUT2D eigenvalue weighted by molar-refractivity contribution is 6.30. The van der Waals surface area contributed by atoms with E-state index < -0.39 is 0 Å². The van der Waals surface area contributed by atoms with Gasteiger partial charge >= 0.3 is 0 Å². The van der Waals surface area contributed by atoms with E-state index in [2.05, 4.69) is 10.3 Å². The third-order valence-electron chi connectivity index (χ3n) is 3.93. The first-order valence-corrected chi connectivity index (χ1v) is 8.54. The molecule has 25 heavy (non-hydrogen) atoms. The fraction of sp³-hybridized carbons (Fsp3) is 0.200. The van der Waals surface area contributed by atoms with Gasteiger partial charge in [-0.05, 0) is 36.8 Å². The van der Waals surface area contributed by atoms with Gasteiger partial charge in [0.2, 0.25) is 5.91 Å². The van der Waals surface area contributed by atoms with Gasteiger partial charge in [0.05, 0.1) is 12.2 Å². The Morgan fingerprint density at radius 2 is 1.88 bits per heavy atom. The molecule has 0 fully saturated rings. The molecule has 4 nitrogen and oxygen atoms in total. The van der Waals surface area contributed by atoms with Crippen molar-refractivity contribution in [3.8, 4) is 11.3 Å². The van der Waals surface area contributed by atoms with Gasteiger partial charge in [0, 0.05) is 23.4 Å². The van der Waals surface area contributed by atoms with Crippen molar-refractivity contribution in [2.24, 2.45) is 0 Å². The van der Waals surface area contributed by atoms with Crippen molar-refractivity contribution in [3.63, 3.8) is 0 Å². The largest absolute Gasteiger partial charge is 0.441 e. The number of aromatic nitrogens is 1. The van der Waals surface area contributed by atoms with E-state index in [9.17, 15) is 4.79 Å². The number of hydrogen-bond acceptors (Lipinski definition) is 3. The van der Waals surface area contributed by atoms with Gasteiger partial charge in [-0.2, -0.15) is 0 Å². The van der Waals surface area contributed by atoms with Crippen LogP contribution in [0.25, 0.3) is 11.3 Å². The Morgan fingerprint density at radius 3 is 2.60 bits per heavy atom. The Hall–Kier alpha value is -2.59. The zero-order chi connectivity index (χ0) is 17.6. The number of carbonyl (C=O) groups is 1. The first-order chi connectivity index (χ1) is 12.1. The second-order valence-electron chi connectivity index (χ2n) is 5.83. The Bertz CT molecular complexity index is 828. The molecule has 3 rings (SSSR count). The number of nitrogens with one attached hydrogen (secondary N) is 1. The van der Waals surface area contributed by atoms with Gasteiger partial charge in [0.25, 0.3) is 0 Å². The maximum atomic E-state index is 12.1. The number of carbonyl (C=O) groups excluding carboxylic acids is 1. The summed E-state index contributed by atoms with van der Waals surface area (Å²) in [6, 6.07) is 17.2. The van der Waals surface area contributed by atoms with E-state index in [0.717, 1.165) is 11.1 Å². The van der Waals surface area contributed by atoms with Crippen LogP contribution in [0.2, 0.25) is 5.02 Å². The van der Waals surface area contributed by atoms with Gasteiger partial charge in [0.15, 0.2) is 11.7 Å². The molecule has 1 heterocycles. The molecule has 0 saturated heterocycles. The number of nitrogens with zero attached hydrogens (tertiary/aromatic N) is 1. The smallest absolute Gasteiger partial charge is 0.220 e. The average molecular weight is 355 g/mol. The number of oxazole rings is 1. The lowest BCUT2D eigenvalue weighted by molar-refractivity contribution is -0.121. The average Bonchev–Trinajstić information content (AvgIpc) is 3.10. The van der Waals surface area contributed by atoms with Crippen LogP contribution in [0.5, 0.6) is 0 Å². The highest BCUT2D eigenvalue weighted by Crippen LogP contribution is 2.22. The second kappa shape index (κ2) is 7.99. The van der Waals surface area contributed by atoms with E-state index in [0.29, 0.717) is 29.5 Å². The van der Waals surface area contributed by atoms with Crippen molar-refractivity contribution in [2.75, 3.05) is 0 Å². The third kappa shape index (κ3) is 4.70. The molecule has 1 aromatic heterocycles. The lowest BCUT2D eigenvalue weighted by atomic mass is 10.1. The molecular weight excluding hydrogens is 336 g/mol. The van der Waals surface area contributed by atoms with Crippen LogP contribution in [0.3, 0.4) is 0 Å². The van der Waals surface area contributed by atoms with E-state index in [1.165, 1.54) is 0 Å². The summed E-state index contributed by atoms with van der Waals surface area (Å²) in [5, 5.41) is 3.66. The van der Waals surface area contributed by atoms with Crippen molar-refractivity contribution in [1.29, 1.82) is 0 Å². The van der Waals surface area contributed by atoms with E-state index in [4.69, 9.17) is 16.0 Å². The van der Waals surface area contributed by atoms with Crippen LogP contribution in [0, 0.1) is 0 Å². The van der Waals surface area contributed by atoms with Gasteiger partial charge in [-0.15, -0.1) is 0 Å². The number of hydrogen-bond donors (Lipinski definition) is 1. The monoisotopic (exact) mass is 354 g/mol. The van der Waals surface area contributed by atoms with Crippen LogP contribution < -0.4 is 5.32 Å². The second-order valence-corrected chi connectivity index (χ2v) is 6.26. The number of benzene rings is 2. The molecule has 0 radical (unpaired) electrons. The SMILES string of the molecule is C[C@H](NC(=O)CCc1ncc(-c2ccc(Cl)cc2)o1)c1ccccc1. The Morgan fingerprint density at radius 1 is 1.16 bits per heavy atom. The fourth-order valence-electron chi connectivity index (χ4n) is 2.53. The van der Waals surface area contributed by atoms with Gasteiger partial charge in [-0.25, -0.2) is 4.98 Å². The van der Waals surface area contributed by atoms with Gasteiger partial charge < -0.3 is 9.73 Å². The van der Waals surface area contributed by atoms with E-state index >= 15 is 0 Å². The topological polar surface area (TPSA) is 55.1 Å². The molecule has 0 aliphatic heterocycles. The number of amides is 1. The van der Waals surface area contributed by atoms with E-state index in [1.54, 1.807) is 18.3 Å². The molecular formula is C20H19ClN2O2. The van der Waals surface area contributed by atoms with Crippen molar-refractivity contribution >= 4 is 17.5 Å². The van der Waals surface area contributed by atoms with Crippen LogP contribution in [0.1, 0.15) is 30.8 Å². The molecule has 0 unspecified atom stereocenters. The molecule has 0 aliphatic rings. The van der Waals surface area contributed by atoms with Crippen LogP contribution in [-0.4, -0.2) is 10.9 Å². The van der Waals surface area contributed by atoms with E-state index in [1.807, 2.05) is 49.4 Å². The minimum atomic E-state index is -0.0254. The summed E-state index contributed by atoms with van der Waals surface area (Å²) in [4.78, 5) is 16.4. The van der Waals surface area contributed by atoms with Gasteiger partial charge in [0.1, 0.15) is 0 Å². The van der Waals surface area contributed by atoms with Crippen molar-refractivity contribution < 1.29 is 9.21 Å². The molecule has 3 aromatic rings. The summed E-state index contributed by atoms with van der Waals surface area (Å²) in [6.07, 6.45) is 2.46. The van der Waals surface area contributed by atoms with Crippen LogP contribution >= 0.6 is 11.6 Å². The van der Waals surface area contributed by atoms with E-state index in [-0.39, 0.29) is 11.9 Å². The zero-order valence-electron chi connectivity index (χ0n) is 13.9. The fourth-order valence-corrected chi connectivity index (χ4v) is 2.66. The quantitative estimate of drug-likeness (QED) is 0.691. The minimum Gasteiger partial charge on any atom is -0.441 e. The summed E-state index contributed by atoms with van der Waals surface area (Å²) in [7, 11) is 0. The van der Waals surface area contributed by atoms with Crippen LogP contribution in [0.4, 0.5) is 0 Å². The molecule has 0 spiro atoms. The molecule has 1 amide bonds. The molecule has 0 saturated carbocycles. The molecule has 1 atom stereocenters. The lowest BCUT2D eigenvalue weighted by Crippen LogP contribution is -2.26. The minimum absolute atomic E-state index is 0.0251. The Kier molecular flexibility index (Phi) is 5.51. The molecule has 0 aliphatic carbocycles. The highest BCUT2D eigenvalue weighted by atomic mass is 35.5. The predicted molar refractivity (Wildman–Crippen MR) is 98.3 cm³/mol. The molecule has 1 N–H and O–H groups in total. The van der Waals surface area contributed by atoms with Crippen LogP contribution in [0.15, 0.2) is 65.2 Å². The van der Waals surface area contributed by atoms with Gasteiger partial charge in [-0.3, -0.25) is 4.79 Å². The Balaban J connectivity index is 1.53. The summed E-state index contributed by atoms with van der Waals surface area (Å²) in [5.41, 5.74) is 1.99. The summed E-state index contributed by atoms with van der Waals surface area (Å²) in [5.74, 6) is 1.19.